The number of allylic oxidation sites excluding steroid dienone is 1. The molecule has 2 saturated heterocycles. The van der Waals surface area contributed by atoms with Crippen molar-refractivity contribution in [2.24, 2.45) is 11.8 Å². The van der Waals surface area contributed by atoms with E-state index < -0.39 is 41.6 Å². The normalized spacial score (nSPS) is 34.2. The lowest BCUT2D eigenvalue weighted by Gasteiger charge is -2.38. The minimum absolute atomic E-state index is 0.227. The number of carbonyl (C=O) groups is 3. The lowest BCUT2D eigenvalue weighted by molar-refractivity contribution is -0.155. The number of fused-ring (bicyclic) bond motifs is 2. The fraction of sp³-hybridized carbons (Fsp3) is 0.500. The molecule has 1 unspecified atom stereocenters. The van der Waals surface area contributed by atoms with E-state index in [1.54, 1.807) is 36.4 Å². The number of benzene rings is 1. The molecule has 1 aromatic carbocycles. The molecule has 4 aliphatic heterocycles. The summed E-state index contributed by atoms with van der Waals surface area (Å²) in [5.41, 5.74) is -0.849. The van der Waals surface area contributed by atoms with Gasteiger partial charge in [-0.15, -0.1) is 0 Å². The van der Waals surface area contributed by atoms with Crippen LogP contribution >= 0.6 is 11.6 Å². The highest BCUT2D eigenvalue weighted by atomic mass is 35.5. The number of likely N-dealkylation sites (tertiary alicyclic amines) is 1. The quantitative estimate of drug-likeness (QED) is 0.504. The van der Waals surface area contributed by atoms with Crippen molar-refractivity contribution >= 4 is 35.1 Å². The Kier molecular flexibility index (Phi) is 6.46. The maximum absolute atomic E-state index is 14.2. The van der Waals surface area contributed by atoms with Gasteiger partial charge in [-0.1, -0.05) is 55.0 Å². The Balaban J connectivity index is 1.66. The van der Waals surface area contributed by atoms with Crippen LogP contribution in [0.4, 0.5) is 5.69 Å². The maximum atomic E-state index is 14.2. The molecule has 6 atom stereocenters. The Hall–Kier alpha value is -2.68. The van der Waals surface area contributed by atoms with Crippen molar-refractivity contribution in [2.75, 3.05) is 24.7 Å². The van der Waals surface area contributed by atoms with Crippen molar-refractivity contribution in [1.29, 1.82) is 0 Å². The highest BCUT2D eigenvalue weighted by Gasteiger charge is 2.72. The molecule has 0 aliphatic carbocycles. The number of aliphatic hydroxyl groups is 1. The summed E-state index contributed by atoms with van der Waals surface area (Å²) in [6.07, 6.45) is 8.46. The minimum atomic E-state index is -1.37. The maximum Gasteiger partial charge on any atom is 0.312 e. The summed E-state index contributed by atoms with van der Waals surface area (Å²) in [7, 11) is 0. The van der Waals surface area contributed by atoms with E-state index in [9.17, 15) is 19.5 Å². The number of para-hydroxylation sites is 1. The van der Waals surface area contributed by atoms with Crippen molar-refractivity contribution in [2.45, 2.75) is 50.0 Å². The van der Waals surface area contributed by atoms with Gasteiger partial charge >= 0.3 is 5.97 Å². The first-order valence-corrected chi connectivity index (χ1v) is 12.5. The number of hydrogen-bond donors (Lipinski definition) is 1. The predicted molar refractivity (Wildman–Crippen MR) is 129 cm³/mol. The summed E-state index contributed by atoms with van der Waals surface area (Å²) in [4.78, 5) is 44.4. The first-order valence-electron chi connectivity index (χ1n) is 12.1. The van der Waals surface area contributed by atoms with Gasteiger partial charge in [0.1, 0.15) is 17.6 Å². The molecule has 0 radical (unpaired) electrons. The SMILES string of the molecule is CC[C@@H](CO)N1C(=O)[C@@H]2[C@@H]3C(=O)OCCC/C=C\[C@@H]3O[C@@]23C=CCN(c2ccccc2Cl)C(=O)C13. The molecule has 186 valence electrons. The van der Waals surface area contributed by atoms with E-state index >= 15 is 0 Å². The standard InChI is InChI=1S/C26H29ClN2O6/c1-2-16(15-30)29-22-24(32)28(18-10-6-5-9-17(18)27)13-8-12-26(22)21(23(29)31)20-19(35-26)11-4-3-7-14-34-25(20)33/h4-6,8-12,16,19-22,30H,2-3,7,13-15H2,1H3/b11-4-/t16-,19-,20+,21-,22?,26-/m0/s1. The number of nitrogens with zero attached hydrogens (tertiary/aromatic N) is 2. The third-order valence-corrected chi connectivity index (χ3v) is 7.83. The van der Waals surface area contributed by atoms with Gasteiger partial charge in [-0.25, -0.2) is 0 Å². The molecule has 35 heavy (non-hydrogen) atoms. The molecule has 2 amide bonds. The molecular weight excluding hydrogens is 472 g/mol. The Morgan fingerprint density at radius 1 is 1.20 bits per heavy atom. The summed E-state index contributed by atoms with van der Waals surface area (Å²) >= 11 is 6.44. The topological polar surface area (TPSA) is 96.4 Å². The summed E-state index contributed by atoms with van der Waals surface area (Å²) in [6.45, 7) is 2.02. The number of cyclic esters (lactones) is 1. The van der Waals surface area contributed by atoms with Gasteiger partial charge in [-0.05, 0) is 31.4 Å². The largest absolute Gasteiger partial charge is 0.465 e. The first-order chi connectivity index (χ1) is 16.9. The number of rotatable bonds is 4. The monoisotopic (exact) mass is 500 g/mol. The molecule has 1 N–H and O–H groups in total. The second kappa shape index (κ2) is 9.41. The van der Waals surface area contributed by atoms with Crippen LogP contribution in [-0.2, 0) is 23.9 Å². The smallest absolute Gasteiger partial charge is 0.312 e. The van der Waals surface area contributed by atoms with E-state index in [0.29, 0.717) is 23.6 Å². The number of amides is 2. The number of aliphatic hydroxyl groups excluding tert-OH is 1. The van der Waals surface area contributed by atoms with Crippen molar-refractivity contribution in [3.63, 3.8) is 0 Å². The van der Waals surface area contributed by atoms with Crippen molar-refractivity contribution in [3.8, 4) is 0 Å². The zero-order chi connectivity index (χ0) is 24.7. The Labute approximate surface area is 209 Å². The molecule has 1 aromatic rings. The van der Waals surface area contributed by atoms with Crippen LogP contribution in [0.5, 0.6) is 0 Å². The lowest BCUT2D eigenvalue weighted by Crippen LogP contribution is -2.58. The van der Waals surface area contributed by atoms with Crippen LogP contribution in [0.2, 0.25) is 5.02 Å². The fourth-order valence-electron chi connectivity index (χ4n) is 5.89. The second-order valence-corrected chi connectivity index (χ2v) is 9.78. The number of halogens is 1. The first kappa shape index (κ1) is 24.0. The van der Waals surface area contributed by atoms with Crippen LogP contribution in [-0.4, -0.2) is 71.3 Å². The van der Waals surface area contributed by atoms with Gasteiger partial charge in [0.05, 0.1) is 42.0 Å². The highest BCUT2D eigenvalue weighted by Crippen LogP contribution is 2.54. The number of hydrogen-bond acceptors (Lipinski definition) is 6. The third kappa shape index (κ3) is 3.70. The predicted octanol–water partition coefficient (Wildman–Crippen LogP) is 2.49. The van der Waals surface area contributed by atoms with E-state index in [1.165, 1.54) is 9.80 Å². The van der Waals surface area contributed by atoms with Crippen LogP contribution in [0.1, 0.15) is 26.2 Å². The van der Waals surface area contributed by atoms with Crippen LogP contribution in [0.3, 0.4) is 0 Å². The number of esters is 1. The summed E-state index contributed by atoms with van der Waals surface area (Å²) < 4.78 is 12.1. The van der Waals surface area contributed by atoms with E-state index in [0.717, 1.165) is 6.42 Å². The summed E-state index contributed by atoms with van der Waals surface area (Å²) in [5, 5.41) is 10.5. The van der Waals surface area contributed by atoms with E-state index in [1.807, 2.05) is 19.1 Å². The highest BCUT2D eigenvalue weighted by molar-refractivity contribution is 6.34. The van der Waals surface area contributed by atoms with E-state index in [-0.39, 0.29) is 31.6 Å². The van der Waals surface area contributed by atoms with Gasteiger partial charge in [0.2, 0.25) is 5.91 Å². The molecule has 8 nitrogen and oxygen atoms in total. The van der Waals surface area contributed by atoms with Gasteiger partial charge in [-0.2, -0.15) is 0 Å². The van der Waals surface area contributed by atoms with Crippen LogP contribution in [0.25, 0.3) is 0 Å². The molecule has 9 heteroatoms. The zero-order valence-corrected chi connectivity index (χ0v) is 20.3. The molecule has 0 aromatic heterocycles. The van der Waals surface area contributed by atoms with Crippen molar-refractivity contribution in [1.82, 2.24) is 4.90 Å². The van der Waals surface area contributed by atoms with Crippen LogP contribution in [0.15, 0.2) is 48.6 Å². The molecule has 5 rings (SSSR count). The number of anilines is 1. The Morgan fingerprint density at radius 2 is 2.00 bits per heavy atom. The van der Waals surface area contributed by atoms with E-state index in [2.05, 4.69) is 0 Å². The fourth-order valence-corrected chi connectivity index (χ4v) is 6.12. The average molecular weight is 501 g/mol. The molecular formula is C26H29ClN2O6. The van der Waals surface area contributed by atoms with Crippen molar-refractivity contribution in [3.05, 3.63) is 53.6 Å². The van der Waals surface area contributed by atoms with Gasteiger partial charge < -0.3 is 24.4 Å². The molecule has 4 aliphatic rings. The molecule has 1 spiro atoms. The van der Waals surface area contributed by atoms with Gasteiger partial charge in [0, 0.05) is 6.54 Å². The third-order valence-electron chi connectivity index (χ3n) is 7.51. The second-order valence-electron chi connectivity index (χ2n) is 9.37. The Morgan fingerprint density at radius 3 is 2.74 bits per heavy atom. The Bertz CT molecular complexity index is 1090. The summed E-state index contributed by atoms with van der Waals surface area (Å²) in [6, 6.07) is 5.35. The molecule has 0 bridgehead atoms. The summed E-state index contributed by atoms with van der Waals surface area (Å²) in [5.74, 6) is -3.08. The zero-order valence-electron chi connectivity index (χ0n) is 19.5. The molecule has 0 saturated carbocycles. The van der Waals surface area contributed by atoms with Crippen LogP contribution in [0, 0.1) is 11.8 Å². The van der Waals surface area contributed by atoms with Gasteiger partial charge in [-0.3, -0.25) is 14.4 Å². The van der Waals surface area contributed by atoms with Gasteiger partial charge in [0.25, 0.3) is 5.91 Å². The molecule has 2 fully saturated rings. The minimum Gasteiger partial charge on any atom is -0.465 e. The van der Waals surface area contributed by atoms with E-state index in [4.69, 9.17) is 21.1 Å². The molecule has 4 heterocycles. The average Bonchev–Trinajstić information content (AvgIpc) is 3.26. The van der Waals surface area contributed by atoms with Gasteiger partial charge in [0.15, 0.2) is 0 Å². The van der Waals surface area contributed by atoms with Crippen molar-refractivity contribution < 1.29 is 29.0 Å². The number of carbonyl (C=O) groups excluding carboxylic acids is 3. The lowest BCUT2D eigenvalue weighted by atomic mass is 9.78. The van der Waals surface area contributed by atoms with Crippen LogP contribution < -0.4 is 4.90 Å². The number of ether oxygens (including phenoxy) is 2.